The van der Waals surface area contributed by atoms with Gasteiger partial charge < -0.3 is 15.4 Å². The van der Waals surface area contributed by atoms with Crippen LogP contribution in [-0.2, 0) is 29.9 Å². The van der Waals surface area contributed by atoms with Gasteiger partial charge in [0, 0.05) is 17.1 Å². The number of amides is 2. The number of rotatable bonds is 7. The average molecular weight is 352 g/mol. The fourth-order valence-corrected chi connectivity index (χ4v) is 3.54. The molecular weight excluding hydrogens is 332 g/mol. The van der Waals surface area contributed by atoms with Gasteiger partial charge in [-0.1, -0.05) is 18.2 Å². The van der Waals surface area contributed by atoms with E-state index in [0.29, 0.717) is 17.7 Å². The van der Waals surface area contributed by atoms with Crippen LogP contribution >= 0.6 is 0 Å². The van der Waals surface area contributed by atoms with Crippen LogP contribution in [0.1, 0.15) is 19.3 Å². The van der Waals surface area contributed by atoms with Gasteiger partial charge >= 0.3 is 5.97 Å². The van der Waals surface area contributed by atoms with Gasteiger partial charge in [0.05, 0.1) is 17.9 Å². The van der Waals surface area contributed by atoms with Gasteiger partial charge in [-0.25, -0.2) is 4.79 Å². The monoisotopic (exact) mass is 352 g/mol. The molecule has 1 heterocycles. The molecule has 2 rings (SSSR count). The second kappa shape index (κ2) is 8.58. The van der Waals surface area contributed by atoms with Crippen LogP contribution in [0.2, 0.25) is 0 Å². The number of ether oxygens (including phenoxy) is 1. The number of benzene rings is 1. The highest BCUT2D eigenvalue weighted by Gasteiger charge is 2.30. The van der Waals surface area contributed by atoms with Gasteiger partial charge in [-0.05, 0) is 25.0 Å². The van der Waals surface area contributed by atoms with Gasteiger partial charge in [-0.3, -0.25) is 13.8 Å². The molecule has 2 amide bonds. The fourth-order valence-electron chi connectivity index (χ4n) is 2.39. The molecule has 7 nitrogen and oxygen atoms in total. The number of nitrogens with one attached hydrogen (secondary N) is 2. The van der Waals surface area contributed by atoms with Crippen molar-refractivity contribution in [2.45, 2.75) is 36.2 Å². The average Bonchev–Trinajstić information content (AvgIpc) is 3.04. The smallest absolute Gasteiger partial charge is 0.328 e. The zero-order valence-corrected chi connectivity index (χ0v) is 14.1. The molecule has 0 aliphatic carbocycles. The number of hydrogen-bond acceptors (Lipinski definition) is 5. The first-order chi connectivity index (χ1) is 11.5. The molecule has 1 saturated heterocycles. The van der Waals surface area contributed by atoms with Crippen molar-refractivity contribution in [2.24, 2.45) is 0 Å². The zero-order valence-electron chi connectivity index (χ0n) is 13.3. The predicted molar refractivity (Wildman–Crippen MR) is 87.4 cm³/mol. The predicted octanol–water partition coefficient (Wildman–Crippen LogP) is 0.121. The Kier molecular flexibility index (Phi) is 6.48. The van der Waals surface area contributed by atoms with Crippen LogP contribution in [0.5, 0.6) is 0 Å². The Bertz CT molecular complexity index is 635. The minimum Gasteiger partial charge on any atom is -0.467 e. The third-order valence-electron chi connectivity index (χ3n) is 3.71. The van der Waals surface area contributed by atoms with E-state index in [1.54, 1.807) is 24.3 Å². The molecule has 24 heavy (non-hydrogen) atoms. The molecule has 2 N–H and O–H groups in total. The van der Waals surface area contributed by atoms with Gasteiger partial charge in [-0.2, -0.15) is 0 Å². The fraction of sp³-hybridized carbons (Fsp3) is 0.438. The molecule has 0 saturated carbocycles. The Hall–Kier alpha value is -2.22. The first kappa shape index (κ1) is 18.1. The summed E-state index contributed by atoms with van der Waals surface area (Å²) in [5.41, 5.74) is 0. The summed E-state index contributed by atoms with van der Waals surface area (Å²) in [6, 6.07) is 7.36. The molecule has 1 aromatic carbocycles. The highest BCUT2D eigenvalue weighted by atomic mass is 32.2. The molecule has 0 bridgehead atoms. The minimum absolute atomic E-state index is 0.181. The van der Waals surface area contributed by atoms with Crippen LogP contribution in [0.15, 0.2) is 35.2 Å². The molecule has 1 aliphatic heterocycles. The topological polar surface area (TPSA) is 102 Å². The number of esters is 1. The Labute approximate surface area is 142 Å². The van der Waals surface area contributed by atoms with Crippen LogP contribution < -0.4 is 10.6 Å². The van der Waals surface area contributed by atoms with E-state index in [1.165, 1.54) is 7.11 Å². The third kappa shape index (κ3) is 4.89. The number of carbonyl (C=O) groups excluding carboxylic acids is 3. The lowest BCUT2D eigenvalue weighted by atomic mass is 10.1. The zero-order chi connectivity index (χ0) is 17.5. The van der Waals surface area contributed by atoms with Gasteiger partial charge in [0.2, 0.25) is 11.8 Å². The lowest BCUT2D eigenvalue weighted by molar-refractivity contribution is -0.145. The largest absolute Gasteiger partial charge is 0.467 e. The van der Waals surface area contributed by atoms with Gasteiger partial charge in [0.15, 0.2) is 0 Å². The summed E-state index contributed by atoms with van der Waals surface area (Å²) < 4.78 is 16.9. The van der Waals surface area contributed by atoms with Crippen molar-refractivity contribution < 1.29 is 23.3 Å². The van der Waals surface area contributed by atoms with Crippen LogP contribution in [0, 0.1) is 0 Å². The van der Waals surface area contributed by atoms with E-state index < -0.39 is 34.8 Å². The van der Waals surface area contributed by atoms with E-state index in [2.05, 4.69) is 10.6 Å². The van der Waals surface area contributed by atoms with E-state index in [9.17, 15) is 18.6 Å². The molecule has 8 heteroatoms. The molecule has 130 valence electrons. The highest BCUT2D eigenvalue weighted by Crippen LogP contribution is 2.10. The number of methoxy groups -OCH3 is 1. The molecular formula is C16H20N2O5S. The van der Waals surface area contributed by atoms with Crippen LogP contribution in [-0.4, -0.2) is 46.9 Å². The molecule has 1 fully saturated rings. The minimum atomic E-state index is -1.27. The van der Waals surface area contributed by atoms with Gasteiger partial charge in [0.1, 0.15) is 12.1 Å². The second-order valence-electron chi connectivity index (χ2n) is 5.39. The number of hydrogen-bond donors (Lipinski definition) is 2. The molecule has 0 spiro atoms. The Morgan fingerprint density at radius 2 is 2.08 bits per heavy atom. The summed E-state index contributed by atoms with van der Waals surface area (Å²) in [7, 11) is -0.0447. The maximum Gasteiger partial charge on any atom is 0.328 e. The van der Waals surface area contributed by atoms with E-state index in [-0.39, 0.29) is 18.1 Å². The number of carbonyl (C=O) groups is 3. The van der Waals surface area contributed by atoms with Crippen molar-refractivity contribution in [1.29, 1.82) is 0 Å². The first-order valence-corrected chi connectivity index (χ1v) is 8.94. The van der Waals surface area contributed by atoms with Crippen molar-refractivity contribution >= 4 is 28.6 Å². The quantitative estimate of drug-likeness (QED) is 0.679. The van der Waals surface area contributed by atoms with Gasteiger partial charge in [0.25, 0.3) is 0 Å². The molecule has 0 aromatic heterocycles. The first-order valence-electron chi connectivity index (χ1n) is 7.62. The summed E-state index contributed by atoms with van der Waals surface area (Å²) >= 11 is 0. The Balaban J connectivity index is 1.93. The summed E-state index contributed by atoms with van der Waals surface area (Å²) in [5.74, 6) is -1.00. The lowest BCUT2D eigenvalue weighted by Gasteiger charge is -2.18. The second-order valence-corrected chi connectivity index (χ2v) is 6.97. The standard InChI is InChI=1S/C16H20N2O5S/c1-23-16(21)13(18-15(20)12-7-8-14(19)17-12)9-10-24(22)11-5-3-2-4-6-11/h2-6,12-13H,7-10H2,1H3,(H,17,19)(H,18,20)/t12-,13-,24+/m1/s1. The molecule has 0 radical (unpaired) electrons. The van der Waals surface area contributed by atoms with Gasteiger partial charge in [-0.15, -0.1) is 0 Å². The molecule has 1 aromatic rings. The summed E-state index contributed by atoms with van der Waals surface area (Å²) in [6.45, 7) is 0. The Morgan fingerprint density at radius 1 is 1.38 bits per heavy atom. The van der Waals surface area contributed by atoms with E-state index in [0.717, 1.165) is 0 Å². The third-order valence-corrected chi connectivity index (χ3v) is 5.12. The molecule has 1 aliphatic rings. The van der Waals surface area contributed by atoms with E-state index in [1.807, 2.05) is 6.07 Å². The normalized spacial score (nSPS) is 19.2. The summed E-state index contributed by atoms with van der Waals surface area (Å²) in [6.07, 6.45) is 0.869. The van der Waals surface area contributed by atoms with Crippen molar-refractivity contribution in [1.82, 2.24) is 10.6 Å². The maximum atomic E-state index is 12.2. The van der Waals surface area contributed by atoms with Crippen LogP contribution in [0.4, 0.5) is 0 Å². The maximum absolute atomic E-state index is 12.2. The van der Waals surface area contributed by atoms with Crippen molar-refractivity contribution in [3.63, 3.8) is 0 Å². The highest BCUT2D eigenvalue weighted by molar-refractivity contribution is 7.85. The Morgan fingerprint density at radius 3 is 2.67 bits per heavy atom. The van der Waals surface area contributed by atoms with Crippen molar-refractivity contribution in [3.05, 3.63) is 30.3 Å². The van der Waals surface area contributed by atoms with E-state index in [4.69, 9.17) is 4.74 Å². The lowest BCUT2D eigenvalue weighted by Crippen LogP contribution is -2.49. The van der Waals surface area contributed by atoms with E-state index >= 15 is 0 Å². The van der Waals surface area contributed by atoms with Crippen molar-refractivity contribution in [2.75, 3.05) is 12.9 Å². The van der Waals surface area contributed by atoms with Crippen molar-refractivity contribution in [3.8, 4) is 0 Å². The SMILES string of the molecule is COC(=O)[C@@H](CC[S@](=O)c1ccccc1)NC(=O)[C@H]1CCC(=O)N1. The molecule has 0 unspecified atom stereocenters. The van der Waals surface area contributed by atoms with Crippen LogP contribution in [0.25, 0.3) is 0 Å². The summed E-state index contributed by atoms with van der Waals surface area (Å²) in [4.78, 5) is 35.8. The summed E-state index contributed by atoms with van der Waals surface area (Å²) in [5, 5.41) is 5.12. The van der Waals surface area contributed by atoms with Crippen LogP contribution in [0.3, 0.4) is 0 Å². The molecule has 3 atom stereocenters.